The molecule has 1 N–H and O–H groups in total. The quantitative estimate of drug-likeness (QED) is 0.832. The maximum atomic E-state index is 12.8. The smallest absolute Gasteiger partial charge is 0.397 e. The van der Waals surface area contributed by atoms with Gasteiger partial charge in [-0.05, 0) is 30.5 Å². The molecule has 1 fully saturated rings. The summed E-state index contributed by atoms with van der Waals surface area (Å²) < 4.78 is 22.2. The van der Waals surface area contributed by atoms with Gasteiger partial charge in [-0.1, -0.05) is 6.07 Å². The average molecular weight is 224 g/mol. The van der Waals surface area contributed by atoms with Gasteiger partial charge in [0, 0.05) is 0 Å². The molecule has 0 bridgehead atoms. The van der Waals surface area contributed by atoms with E-state index in [-0.39, 0.29) is 5.75 Å². The van der Waals surface area contributed by atoms with Crippen molar-refractivity contribution < 1.29 is 23.8 Å². The van der Waals surface area contributed by atoms with E-state index in [2.05, 4.69) is 0 Å². The summed E-state index contributed by atoms with van der Waals surface area (Å²) in [5, 5.41) is 9.11. The third-order valence-electron chi connectivity index (χ3n) is 3.09. The second-order valence-electron chi connectivity index (χ2n) is 4.06. The van der Waals surface area contributed by atoms with Crippen molar-refractivity contribution in [1.29, 1.82) is 0 Å². The summed E-state index contributed by atoms with van der Waals surface area (Å²) in [5.74, 6) is -0.252. The molecule has 1 aliphatic carbocycles. The van der Waals surface area contributed by atoms with Gasteiger partial charge in [-0.15, -0.1) is 0 Å². The highest BCUT2D eigenvalue weighted by Crippen LogP contribution is 2.50. The standard InChI is InChI=1S/C11H9FO4/c12-10-15-7-2-1-6(5-8(7)16-10)11(3-4-11)9(13)14/h1-2,5,10H,3-4H2,(H,13,14). The molecule has 0 aromatic heterocycles. The van der Waals surface area contributed by atoms with Crippen molar-refractivity contribution in [2.45, 2.75) is 24.8 Å². The SMILES string of the molecule is O=C(O)C1(c2ccc3c(c2)OC(F)O3)CC1. The fourth-order valence-electron chi connectivity index (χ4n) is 1.97. The first-order valence-electron chi connectivity index (χ1n) is 4.97. The number of alkyl halides is 1. The summed E-state index contributed by atoms with van der Waals surface area (Å²) in [5.41, 5.74) is -0.149. The summed E-state index contributed by atoms with van der Waals surface area (Å²) in [7, 11) is 0. The first-order valence-corrected chi connectivity index (χ1v) is 4.97. The predicted molar refractivity (Wildman–Crippen MR) is 51.1 cm³/mol. The van der Waals surface area contributed by atoms with Crippen LogP contribution in [-0.4, -0.2) is 17.6 Å². The Hall–Kier alpha value is -1.78. The van der Waals surface area contributed by atoms with Crippen molar-refractivity contribution in [2.75, 3.05) is 0 Å². The molecule has 1 heterocycles. The van der Waals surface area contributed by atoms with E-state index < -0.39 is 17.9 Å². The van der Waals surface area contributed by atoms with Crippen LogP contribution < -0.4 is 9.47 Å². The number of hydrogen-bond donors (Lipinski definition) is 1. The Morgan fingerprint density at radius 1 is 1.38 bits per heavy atom. The van der Waals surface area contributed by atoms with Gasteiger partial charge in [-0.3, -0.25) is 4.79 Å². The number of carboxylic acid groups (broad SMARTS) is 1. The van der Waals surface area contributed by atoms with Gasteiger partial charge in [0.25, 0.3) is 0 Å². The summed E-state index contributed by atoms with van der Waals surface area (Å²) in [6.45, 7) is -1.79. The molecule has 1 aromatic rings. The molecule has 5 heteroatoms. The lowest BCUT2D eigenvalue weighted by Crippen LogP contribution is -2.19. The van der Waals surface area contributed by atoms with Crippen molar-refractivity contribution in [2.24, 2.45) is 0 Å². The van der Waals surface area contributed by atoms with E-state index in [4.69, 9.17) is 14.6 Å². The van der Waals surface area contributed by atoms with E-state index in [1.807, 2.05) is 0 Å². The van der Waals surface area contributed by atoms with Gasteiger partial charge in [0.15, 0.2) is 11.5 Å². The Morgan fingerprint density at radius 3 is 2.69 bits per heavy atom. The van der Waals surface area contributed by atoms with Gasteiger partial charge in [0.1, 0.15) is 0 Å². The van der Waals surface area contributed by atoms with Gasteiger partial charge < -0.3 is 14.6 Å². The van der Waals surface area contributed by atoms with Crippen molar-refractivity contribution in [3.8, 4) is 11.5 Å². The van der Waals surface area contributed by atoms with Gasteiger partial charge in [0.2, 0.25) is 0 Å². The molecule has 3 rings (SSSR count). The Morgan fingerprint density at radius 2 is 2.06 bits per heavy atom. The van der Waals surface area contributed by atoms with E-state index in [1.54, 1.807) is 18.2 Å². The highest BCUT2D eigenvalue weighted by Gasteiger charge is 2.52. The Balaban J connectivity index is 2.00. The Kier molecular flexibility index (Phi) is 1.70. The number of fused-ring (bicyclic) bond motifs is 1. The van der Waals surface area contributed by atoms with Crippen molar-refractivity contribution in [3.63, 3.8) is 0 Å². The maximum Gasteiger partial charge on any atom is 0.397 e. The van der Waals surface area contributed by atoms with E-state index in [9.17, 15) is 9.18 Å². The third kappa shape index (κ3) is 1.17. The van der Waals surface area contributed by atoms with Crippen LogP contribution in [0.15, 0.2) is 18.2 Å². The van der Waals surface area contributed by atoms with Crippen molar-refractivity contribution in [1.82, 2.24) is 0 Å². The molecule has 1 unspecified atom stereocenters. The monoisotopic (exact) mass is 224 g/mol. The largest absolute Gasteiger partial charge is 0.481 e. The lowest BCUT2D eigenvalue weighted by atomic mass is 9.96. The average Bonchev–Trinajstić information content (AvgIpc) is 2.95. The highest BCUT2D eigenvalue weighted by molar-refractivity contribution is 5.85. The number of benzene rings is 1. The van der Waals surface area contributed by atoms with Crippen LogP contribution >= 0.6 is 0 Å². The summed E-state index contributed by atoms with van der Waals surface area (Å²) in [6, 6.07) is 4.75. The van der Waals surface area contributed by atoms with Crippen LogP contribution in [0.4, 0.5) is 4.39 Å². The number of aliphatic carboxylic acids is 1. The molecule has 1 aromatic carbocycles. The molecule has 1 aliphatic heterocycles. The third-order valence-corrected chi connectivity index (χ3v) is 3.09. The van der Waals surface area contributed by atoms with E-state index >= 15 is 0 Å². The number of halogens is 1. The van der Waals surface area contributed by atoms with Gasteiger partial charge in [-0.25, -0.2) is 0 Å². The van der Waals surface area contributed by atoms with Crippen LogP contribution in [0, 0.1) is 0 Å². The molecule has 0 amide bonds. The van der Waals surface area contributed by atoms with Gasteiger partial charge in [-0.2, -0.15) is 4.39 Å². The summed E-state index contributed by atoms with van der Waals surface area (Å²) in [4.78, 5) is 11.1. The fraction of sp³-hybridized carbons (Fsp3) is 0.364. The molecule has 4 nitrogen and oxygen atoms in total. The molecular formula is C11H9FO4. The maximum absolute atomic E-state index is 12.8. The minimum absolute atomic E-state index is 0.275. The van der Waals surface area contributed by atoms with Crippen LogP contribution in [0.5, 0.6) is 11.5 Å². The van der Waals surface area contributed by atoms with Crippen LogP contribution in [-0.2, 0) is 10.2 Å². The lowest BCUT2D eigenvalue weighted by Gasteiger charge is -2.10. The summed E-state index contributed by atoms with van der Waals surface area (Å²) in [6.07, 6.45) is 1.22. The van der Waals surface area contributed by atoms with Crippen LogP contribution in [0.25, 0.3) is 0 Å². The molecule has 1 atom stereocenters. The van der Waals surface area contributed by atoms with E-state index in [0.29, 0.717) is 24.2 Å². The van der Waals surface area contributed by atoms with Crippen LogP contribution in [0.3, 0.4) is 0 Å². The normalized spacial score (nSPS) is 24.2. The first-order chi connectivity index (χ1) is 7.62. The van der Waals surface area contributed by atoms with E-state index in [1.165, 1.54) is 0 Å². The zero-order valence-corrected chi connectivity index (χ0v) is 8.27. The molecule has 16 heavy (non-hydrogen) atoms. The zero-order valence-electron chi connectivity index (χ0n) is 8.27. The minimum atomic E-state index is -1.79. The highest BCUT2D eigenvalue weighted by atomic mass is 19.2. The number of carbonyl (C=O) groups is 1. The number of ether oxygens (including phenoxy) is 2. The number of carboxylic acids is 1. The molecule has 2 aliphatic rings. The number of hydrogen-bond acceptors (Lipinski definition) is 3. The number of rotatable bonds is 2. The molecule has 84 valence electrons. The van der Waals surface area contributed by atoms with Gasteiger partial charge in [0.05, 0.1) is 5.41 Å². The van der Waals surface area contributed by atoms with Crippen molar-refractivity contribution >= 4 is 5.97 Å². The molecular weight excluding hydrogens is 215 g/mol. The van der Waals surface area contributed by atoms with Crippen molar-refractivity contribution in [3.05, 3.63) is 23.8 Å². The minimum Gasteiger partial charge on any atom is -0.481 e. The van der Waals surface area contributed by atoms with E-state index in [0.717, 1.165) is 0 Å². The first kappa shape index (κ1) is 9.45. The lowest BCUT2D eigenvalue weighted by molar-refractivity contribution is -0.140. The van der Waals surface area contributed by atoms with Gasteiger partial charge >= 0.3 is 12.5 Å². The zero-order chi connectivity index (χ0) is 11.3. The predicted octanol–water partition coefficient (Wildman–Crippen LogP) is 1.83. The molecule has 0 saturated heterocycles. The Labute approximate surface area is 90.6 Å². The molecule has 0 radical (unpaired) electrons. The second kappa shape index (κ2) is 2.87. The van der Waals surface area contributed by atoms with Crippen LogP contribution in [0.2, 0.25) is 0 Å². The molecule has 1 saturated carbocycles. The summed E-state index contributed by atoms with van der Waals surface area (Å²) >= 11 is 0. The molecule has 0 spiro atoms. The topological polar surface area (TPSA) is 55.8 Å². The fourth-order valence-corrected chi connectivity index (χ4v) is 1.97. The van der Waals surface area contributed by atoms with Crippen LogP contribution in [0.1, 0.15) is 18.4 Å². The second-order valence-corrected chi connectivity index (χ2v) is 4.06. The Bertz CT molecular complexity index is 467.